The van der Waals surface area contributed by atoms with Crippen LogP contribution in [0.4, 0.5) is 0 Å². The van der Waals surface area contributed by atoms with Crippen molar-refractivity contribution in [3.8, 4) is 0 Å². The van der Waals surface area contributed by atoms with Gasteiger partial charge in [-0.05, 0) is 44.4 Å². The van der Waals surface area contributed by atoms with E-state index >= 15 is 0 Å². The quantitative estimate of drug-likeness (QED) is 0.689. The van der Waals surface area contributed by atoms with Crippen LogP contribution in [0.1, 0.15) is 53.0 Å². The highest BCUT2D eigenvalue weighted by Crippen LogP contribution is 2.33. The van der Waals surface area contributed by atoms with Crippen molar-refractivity contribution in [2.24, 2.45) is 0 Å². The Bertz CT molecular complexity index is 1070. The second kappa shape index (κ2) is 7.59. The molecule has 1 aromatic carbocycles. The van der Waals surface area contributed by atoms with E-state index < -0.39 is 5.97 Å². The Kier molecular flexibility index (Phi) is 5.00. The molecule has 0 bridgehead atoms. The Morgan fingerprint density at radius 1 is 1.39 bits per heavy atom. The molecule has 0 radical (unpaired) electrons. The van der Waals surface area contributed by atoms with Gasteiger partial charge in [0.25, 0.3) is 5.56 Å². The van der Waals surface area contributed by atoms with Crippen molar-refractivity contribution >= 4 is 11.6 Å². The number of esters is 1. The maximum absolute atomic E-state index is 12.5. The Morgan fingerprint density at radius 2 is 2.21 bits per heavy atom. The van der Waals surface area contributed by atoms with E-state index in [2.05, 4.69) is 46.3 Å². The van der Waals surface area contributed by atoms with Crippen LogP contribution in [0.2, 0.25) is 0 Å². The maximum atomic E-state index is 12.5. The molecular formula is C21H24N4O3. The molecule has 1 aliphatic rings. The van der Waals surface area contributed by atoms with Crippen LogP contribution in [0, 0.1) is 0 Å². The average molecular weight is 380 g/mol. The molecule has 1 aliphatic carbocycles. The molecule has 0 unspecified atom stereocenters. The van der Waals surface area contributed by atoms with Crippen LogP contribution < -0.4 is 5.56 Å². The van der Waals surface area contributed by atoms with Gasteiger partial charge in [-0.25, -0.2) is 14.3 Å². The molecule has 1 atom stereocenters. The van der Waals surface area contributed by atoms with Crippen LogP contribution in [0.15, 0.2) is 41.3 Å². The lowest BCUT2D eigenvalue weighted by Gasteiger charge is -2.33. The number of aromatic amines is 1. The summed E-state index contributed by atoms with van der Waals surface area (Å²) in [6, 6.07) is 10.3. The molecule has 3 aromatic rings. The minimum atomic E-state index is -0.486. The lowest BCUT2D eigenvalue weighted by Crippen LogP contribution is -2.29. The third-order valence-corrected chi connectivity index (χ3v) is 5.33. The van der Waals surface area contributed by atoms with Gasteiger partial charge in [0.2, 0.25) is 0 Å². The van der Waals surface area contributed by atoms with Crippen LogP contribution in [0.5, 0.6) is 0 Å². The molecule has 2 aromatic heterocycles. The number of nitrogens with one attached hydrogen (secondary N) is 1. The van der Waals surface area contributed by atoms with Gasteiger partial charge in [0.05, 0.1) is 12.3 Å². The lowest BCUT2D eigenvalue weighted by molar-refractivity contribution is 0.0528. The van der Waals surface area contributed by atoms with Crippen LogP contribution >= 0.6 is 0 Å². The minimum absolute atomic E-state index is 0.243. The van der Waals surface area contributed by atoms with Gasteiger partial charge in [-0.3, -0.25) is 14.8 Å². The highest BCUT2D eigenvalue weighted by Gasteiger charge is 2.24. The molecule has 0 saturated heterocycles. The van der Waals surface area contributed by atoms with E-state index in [-0.39, 0.29) is 17.7 Å². The van der Waals surface area contributed by atoms with E-state index in [0.717, 1.165) is 19.3 Å². The number of hydrogen-bond acceptors (Lipinski definition) is 5. The molecule has 0 spiro atoms. The van der Waals surface area contributed by atoms with Gasteiger partial charge in [-0.15, -0.1) is 0 Å². The highest BCUT2D eigenvalue weighted by atomic mass is 16.5. The number of H-pyrrole nitrogens is 1. The molecule has 146 valence electrons. The van der Waals surface area contributed by atoms with Gasteiger partial charge in [0.1, 0.15) is 5.56 Å². The average Bonchev–Trinajstić information content (AvgIpc) is 3.12. The molecule has 7 heteroatoms. The predicted molar refractivity (Wildman–Crippen MR) is 105 cm³/mol. The molecule has 0 amide bonds. The van der Waals surface area contributed by atoms with Crippen molar-refractivity contribution < 1.29 is 9.53 Å². The van der Waals surface area contributed by atoms with Crippen LogP contribution in [0.3, 0.4) is 0 Å². The topological polar surface area (TPSA) is 79.7 Å². The summed E-state index contributed by atoms with van der Waals surface area (Å²) in [5, 5.41) is 2.78. The molecule has 28 heavy (non-hydrogen) atoms. The first kappa shape index (κ1) is 18.4. The maximum Gasteiger partial charge on any atom is 0.343 e. The summed E-state index contributed by atoms with van der Waals surface area (Å²) in [6.07, 6.45) is 4.80. The zero-order valence-electron chi connectivity index (χ0n) is 16.1. The van der Waals surface area contributed by atoms with Gasteiger partial charge in [-0.2, -0.15) is 0 Å². The molecule has 1 N–H and O–H groups in total. The number of aryl methyl sites for hydroxylation is 1. The van der Waals surface area contributed by atoms with Gasteiger partial charge in [0, 0.05) is 24.8 Å². The van der Waals surface area contributed by atoms with Gasteiger partial charge in [-0.1, -0.05) is 24.3 Å². The summed E-state index contributed by atoms with van der Waals surface area (Å²) in [6.45, 7) is 2.54. The van der Waals surface area contributed by atoms with Crippen molar-refractivity contribution in [2.45, 2.75) is 38.8 Å². The third-order valence-electron chi connectivity index (χ3n) is 5.33. The first-order valence-corrected chi connectivity index (χ1v) is 9.63. The zero-order valence-corrected chi connectivity index (χ0v) is 16.1. The lowest BCUT2D eigenvalue weighted by atomic mass is 9.87. The number of carbonyl (C=O) groups is 1. The number of nitrogens with zero attached hydrogens (tertiary/aromatic N) is 3. The first-order chi connectivity index (χ1) is 13.6. The molecule has 2 heterocycles. The summed E-state index contributed by atoms with van der Waals surface area (Å²) in [5.41, 5.74) is 3.71. The number of ether oxygens (including phenoxy) is 1. The van der Waals surface area contributed by atoms with Crippen LogP contribution in [-0.4, -0.2) is 39.1 Å². The van der Waals surface area contributed by atoms with E-state index in [1.165, 1.54) is 27.9 Å². The summed E-state index contributed by atoms with van der Waals surface area (Å²) in [4.78, 5) is 31.4. The van der Waals surface area contributed by atoms with Gasteiger partial charge >= 0.3 is 5.97 Å². The number of fused-ring (bicyclic) bond motifs is 2. The summed E-state index contributed by atoms with van der Waals surface area (Å²) < 4.78 is 6.33. The molecule has 4 rings (SSSR count). The van der Waals surface area contributed by atoms with Crippen LogP contribution in [-0.2, 0) is 17.7 Å². The van der Waals surface area contributed by atoms with Crippen molar-refractivity contribution in [1.82, 2.24) is 19.5 Å². The van der Waals surface area contributed by atoms with Gasteiger partial charge in [0.15, 0.2) is 5.65 Å². The summed E-state index contributed by atoms with van der Waals surface area (Å²) >= 11 is 0. The molecular weight excluding hydrogens is 356 g/mol. The predicted octanol–water partition coefficient (Wildman–Crippen LogP) is 2.71. The molecule has 0 aliphatic heterocycles. The summed E-state index contributed by atoms with van der Waals surface area (Å²) in [5.74, 6) is -0.486. The second-order valence-electron chi connectivity index (χ2n) is 7.17. The number of carbonyl (C=O) groups excluding carboxylic acids is 1. The number of hydrogen-bond donors (Lipinski definition) is 1. The fraction of sp³-hybridized carbons (Fsp3) is 0.381. The molecule has 0 saturated carbocycles. The van der Waals surface area contributed by atoms with E-state index in [9.17, 15) is 9.59 Å². The standard InChI is InChI=1S/C21H24N4O3/c1-3-28-21(27)17-12-22-25-19(26)11-15(23-20(17)25)13-24(2)18-10-6-8-14-7-4-5-9-16(14)18/h4-5,7,9,11-12,18,22H,3,6,8,10,13H2,1-2H3/t18-/m1/s1. The van der Waals surface area contributed by atoms with E-state index in [1.54, 1.807) is 6.92 Å². The Hall–Kier alpha value is -2.93. The fourth-order valence-corrected chi connectivity index (χ4v) is 4.02. The van der Waals surface area contributed by atoms with Gasteiger partial charge < -0.3 is 4.74 Å². The normalized spacial score (nSPS) is 16.3. The van der Waals surface area contributed by atoms with E-state index in [1.807, 2.05) is 0 Å². The van der Waals surface area contributed by atoms with Crippen molar-refractivity contribution in [3.63, 3.8) is 0 Å². The number of benzene rings is 1. The van der Waals surface area contributed by atoms with Crippen LogP contribution in [0.25, 0.3) is 5.65 Å². The fourth-order valence-electron chi connectivity index (χ4n) is 4.02. The first-order valence-electron chi connectivity index (χ1n) is 9.63. The number of rotatable bonds is 5. The van der Waals surface area contributed by atoms with Crippen molar-refractivity contribution in [3.05, 3.63) is 69.3 Å². The Morgan fingerprint density at radius 3 is 3.04 bits per heavy atom. The van der Waals surface area contributed by atoms with E-state index in [0.29, 0.717) is 23.9 Å². The van der Waals surface area contributed by atoms with Crippen molar-refractivity contribution in [2.75, 3.05) is 13.7 Å². The SMILES string of the molecule is CCOC(=O)c1c[nH]n2c(=O)cc(CN(C)[C@@H]3CCCc4ccccc43)nc12. The zero-order chi connectivity index (χ0) is 19.7. The third kappa shape index (κ3) is 3.33. The second-order valence-corrected chi connectivity index (χ2v) is 7.17. The minimum Gasteiger partial charge on any atom is -0.462 e. The summed E-state index contributed by atoms with van der Waals surface area (Å²) in [7, 11) is 2.06. The largest absolute Gasteiger partial charge is 0.462 e. The highest BCUT2D eigenvalue weighted by molar-refractivity contribution is 5.95. The van der Waals surface area contributed by atoms with Crippen molar-refractivity contribution in [1.29, 1.82) is 0 Å². The van der Waals surface area contributed by atoms with E-state index in [4.69, 9.17) is 4.74 Å². The monoisotopic (exact) mass is 380 g/mol. The Labute approximate surface area is 162 Å². The molecule has 7 nitrogen and oxygen atoms in total. The molecule has 0 fully saturated rings. The Balaban J connectivity index is 1.64. The smallest absolute Gasteiger partial charge is 0.343 e. The number of aromatic nitrogens is 3.